The van der Waals surface area contributed by atoms with Gasteiger partial charge in [0, 0.05) is 6.04 Å². The van der Waals surface area contributed by atoms with E-state index < -0.39 is 0 Å². The Morgan fingerprint density at radius 2 is 2.00 bits per heavy atom. The SMILES string of the molecule is CC1CCC(C(C)C)C(NC(=O)[C@H]2CCCCN2)C1. The molecule has 1 aliphatic heterocycles. The molecule has 0 radical (unpaired) electrons. The van der Waals surface area contributed by atoms with Gasteiger partial charge in [-0.25, -0.2) is 0 Å². The summed E-state index contributed by atoms with van der Waals surface area (Å²) in [4.78, 5) is 12.4. The molecule has 3 heteroatoms. The molecule has 3 nitrogen and oxygen atoms in total. The van der Waals surface area contributed by atoms with Crippen LogP contribution in [0, 0.1) is 17.8 Å². The van der Waals surface area contributed by atoms with Gasteiger partial charge in [-0.05, 0) is 50.0 Å². The third-order valence-electron chi connectivity index (χ3n) is 4.98. The average molecular weight is 266 g/mol. The van der Waals surface area contributed by atoms with E-state index in [9.17, 15) is 4.79 Å². The first kappa shape index (κ1) is 14.8. The normalized spacial score (nSPS) is 36.2. The minimum absolute atomic E-state index is 0.0544. The first-order chi connectivity index (χ1) is 9.08. The minimum atomic E-state index is 0.0544. The summed E-state index contributed by atoms with van der Waals surface area (Å²) < 4.78 is 0. The van der Waals surface area contributed by atoms with E-state index in [2.05, 4.69) is 31.4 Å². The first-order valence-corrected chi connectivity index (χ1v) is 8.11. The molecule has 4 atom stereocenters. The highest BCUT2D eigenvalue weighted by molar-refractivity contribution is 5.82. The Hall–Kier alpha value is -0.570. The highest BCUT2D eigenvalue weighted by Crippen LogP contribution is 2.33. The zero-order chi connectivity index (χ0) is 13.8. The number of piperidine rings is 1. The van der Waals surface area contributed by atoms with Gasteiger partial charge in [-0.1, -0.05) is 33.6 Å². The maximum Gasteiger partial charge on any atom is 0.237 e. The van der Waals surface area contributed by atoms with Crippen molar-refractivity contribution in [1.82, 2.24) is 10.6 Å². The van der Waals surface area contributed by atoms with E-state index in [0.29, 0.717) is 17.9 Å². The summed E-state index contributed by atoms with van der Waals surface area (Å²) in [5.41, 5.74) is 0. The molecule has 1 aliphatic carbocycles. The second-order valence-electron chi connectivity index (χ2n) is 6.94. The smallest absolute Gasteiger partial charge is 0.237 e. The third-order valence-corrected chi connectivity index (χ3v) is 4.98. The maximum atomic E-state index is 12.4. The molecule has 0 aromatic rings. The van der Waals surface area contributed by atoms with Crippen LogP contribution in [0.4, 0.5) is 0 Å². The van der Waals surface area contributed by atoms with Gasteiger partial charge >= 0.3 is 0 Å². The van der Waals surface area contributed by atoms with Crippen molar-refractivity contribution in [3.05, 3.63) is 0 Å². The molecule has 0 aromatic heterocycles. The molecule has 110 valence electrons. The fourth-order valence-electron chi connectivity index (χ4n) is 3.73. The summed E-state index contributed by atoms with van der Waals surface area (Å²) in [6.07, 6.45) is 7.12. The van der Waals surface area contributed by atoms with Crippen LogP contribution in [0.2, 0.25) is 0 Å². The Morgan fingerprint density at radius 3 is 2.63 bits per heavy atom. The van der Waals surface area contributed by atoms with Gasteiger partial charge in [0.1, 0.15) is 0 Å². The van der Waals surface area contributed by atoms with Gasteiger partial charge in [-0.15, -0.1) is 0 Å². The highest BCUT2D eigenvalue weighted by Gasteiger charge is 2.33. The van der Waals surface area contributed by atoms with Gasteiger partial charge in [0.05, 0.1) is 6.04 Å². The van der Waals surface area contributed by atoms with Gasteiger partial charge in [0.2, 0.25) is 5.91 Å². The van der Waals surface area contributed by atoms with Crippen molar-refractivity contribution >= 4 is 5.91 Å². The predicted molar refractivity (Wildman–Crippen MR) is 78.9 cm³/mol. The number of rotatable bonds is 3. The van der Waals surface area contributed by atoms with E-state index in [0.717, 1.165) is 25.3 Å². The molecule has 1 heterocycles. The number of hydrogen-bond acceptors (Lipinski definition) is 2. The van der Waals surface area contributed by atoms with Crippen molar-refractivity contribution in [3.63, 3.8) is 0 Å². The van der Waals surface area contributed by atoms with Gasteiger partial charge in [-0.3, -0.25) is 4.79 Å². The summed E-state index contributed by atoms with van der Waals surface area (Å²) in [5.74, 6) is 2.31. The lowest BCUT2D eigenvalue weighted by molar-refractivity contribution is -0.125. The van der Waals surface area contributed by atoms with E-state index in [1.54, 1.807) is 0 Å². The number of carbonyl (C=O) groups excluding carboxylic acids is 1. The van der Waals surface area contributed by atoms with Crippen LogP contribution in [0.15, 0.2) is 0 Å². The topological polar surface area (TPSA) is 41.1 Å². The van der Waals surface area contributed by atoms with Crippen LogP contribution in [0.3, 0.4) is 0 Å². The fraction of sp³-hybridized carbons (Fsp3) is 0.938. The van der Waals surface area contributed by atoms with Crippen molar-refractivity contribution in [2.75, 3.05) is 6.54 Å². The lowest BCUT2D eigenvalue weighted by Crippen LogP contribution is -2.53. The number of carbonyl (C=O) groups is 1. The Morgan fingerprint density at radius 1 is 1.21 bits per heavy atom. The zero-order valence-electron chi connectivity index (χ0n) is 12.7. The minimum Gasteiger partial charge on any atom is -0.352 e. The molecule has 0 aromatic carbocycles. The summed E-state index contributed by atoms with van der Waals surface area (Å²) in [5, 5.41) is 6.70. The molecule has 2 aliphatic rings. The van der Waals surface area contributed by atoms with E-state index in [-0.39, 0.29) is 11.9 Å². The van der Waals surface area contributed by atoms with Crippen LogP contribution in [-0.4, -0.2) is 24.5 Å². The molecule has 2 rings (SSSR count). The Bertz CT molecular complexity index is 297. The van der Waals surface area contributed by atoms with E-state index >= 15 is 0 Å². The predicted octanol–water partition coefficient (Wildman–Crippen LogP) is 2.71. The van der Waals surface area contributed by atoms with Crippen molar-refractivity contribution < 1.29 is 4.79 Å². The molecule has 1 saturated heterocycles. The lowest BCUT2D eigenvalue weighted by Gasteiger charge is -2.38. The second-order valence-corrected chi connectivity index (χ2v) is 6.94. The molecule has 3 unspecified atom stereocenters. The Kier molecular flexibility index (Phi) is 5.26. The van der Waals surface area contributed by atoms with E-state index in [1.807, 2.05) is 0 Å². The van der Waals surface area contributed by atoms with Crippen LogP contribution < -0.4 is 10.6 Å². The van der Waals surface area contributed by atoms with Crippen molar-refractivity contribution in [2.45, 2.75) is 71.4 Å². The number of nitrogens with one attached hydrogen (secondary N) is 2. The molecule has 19 heavy (non-hydrogen) atoms. The maximum absolute atomic E-state index is 12.4. The van der Waals surface area contributed by atoms with Gasteiger partial charge in [0.25, 0.3) is 0 Å². The van der Waals surface area contributed by atoms with E-state index in [1.165, 1.54) is 25.7 Å². The Balaban J connectivity index is 1.92. The summed E-state index contributed by atoms with van der Waals surface area (Å²) in [6.45, 7) is 7.89. The van der Waals surface area contributed by atoms with Crippen molar-refractivity contribution in [2.24, 2.45) is 17.8 Å². The zero-order valence-corrected chi connectivity index (χ0v) is 12.7. The first-order valence-electron chi connectivity index (χ1n) is 8.11. The molecular formula is C16H30N2O. The number of amides is 1. The molecule has 1 saturated carbocycles. The molecule has 0 spiro atoms. The second kappa shape index (κ2) is 6.74. The molecule has 2 fully saturated rings. The summed E-state index contributed by atoms with van der Waals surface area (Å²) in [7, 11) is 0. The molecule has 0 bridgehead atoms. The van der Waals surface area contributed by atoms with Crippen molar-refractivity contribution in [1.29, 1.82) is 0 Å². The van der Waals surface area contributed by atoms with Crippen LogP contribution in [0.25, 0.3) is 0 Å². The summed E-state index contributed by atoms with van der Waals surface area (Å²) in [6, 6.07) is 0.443. The standard InChI is InChI=1S/C16H30N2O/c1-11(2)13-8-7-12(3)10-15(13)18-16(19)14-6-4-5-9-17-14/h11-15,17H,4-10H2,1-3H3,(H,18,19)/t12?,13?,14-,15?/m1/s1. The van der Waals surface area contributed by atoms with E-state index in [4.69, 9.17) is 0 Å². The van der Waals surface area contributed by atoms with Crippen molar-refractivity contribution in [3.8, 4) is 0 Å². The van der Waals surface area contributed by atoms with Crippen LogP contribution in [0.1, 0.15) is 59.3 Å². The average Bonchev–Trinajstić information content (AvgIpc) is 2.39. The quantitative estimate of drug-likeness (QED) is 0.824. The summed E-state index contributed by atoms with van der Waals surface area (Å²) >= 11 is 0. The molecular weight excluding hydrogens is 236 g/mol. The Labute approximate surface area is 117 Å². The van der Waals surface area contributed by atoms with Gasteiger partial charge in [-0.2, -0.15) is 0 Å². The van der Waals surface area contributed by atoms with Gasteiger partial charge in [0.15, 0.2) is 0 Å². The largest absolute Gasteiger partial charge is 0.352 e. The fourth-order valence-corrected chi connectivity index (χ4v) is 3.73. The third kappa shape index (κ3) is 3.95. The molecule has 2 N–H and O–H groups in total. The monoisotopic (exact) mass is 266 g/mol. The van der Waals surface area contributed by atoms with Gasteiger partial charge < -0.3 is 10.6 Å². The highest BCUT2D eigenvalue weighted by atomic mass is 16.2. The lowest BCUT2D eigenvalue weighted by atomic mass is 9.74. The number of hydrogen-bond donors (Lipinski definition) is 2. The van der Waals surface area contributed by atoms with Crippen LogP contribution in [-0.2, 0) is 4.79 Å². The van der Waals surface area contributed by atoms with Crippen LogP contribution >= 0.6 is 0 Å². The molecule has 1 amide bonds. The van der Waals surface area contributed by atoms with Crippen LogP contribution in [0.5, 0.6) is 0 Å².